The maximum absolute atomic E-state index is 13.0. The van der Waals surface area contributed by atoms with Crippen molar-refractivity contribution in [1.29, 1.82) is 0 Å². The second-order valence-corrected chi connectivity index (χ2v) is 19.3. The highest BCUT2D eigenvalue weighted by atomic mass is 31.2. The van der Waals surface area contributed by atoms with Gasteiger partial charge in [-0.1, -0.05) is 141 Å². The van der Waals surface area contributed by atoms with Crippen LogP contribution in [0.4, 0.5) is 0 Å². The van der Waals surface area contributed by atoms with Gasteiger partial charge in [0.25, 0.3) is 0 Å². The first-order chi connectivity index (χ1) is 29.6. The van der Waals surface area contributed by atoms with Gasteiger partial charge in [-0.3, -0.25) is 18.4 Å². The fraction of sp³-hybridized carbons (Fsp3) is 0.930. The second-order valence-electron chi connectivity index (χ2n) is 16.7. The number of ether oxygens (including phenoxy) is 2. The second kappa shape index (κ2) is 36.3. The third-order valence-corrected chi connectivity index (χ3v) is 12.5. The Hall–Kier alpha value is -0.850. The molecule has 17 nitrogen and oxygen atoms in total. The normalized spacial score (nSPS) is 22.8. The lowest BCUT2D eigenvalue weighted by molar-refractivity contribution is -0.216. The first kappa shape index (κ1) is 59.2. The van der Waals surface area contributed by atoms with Crippen LogP contribution in [0.25, 0.3) is 0 Å². The summed E-state index contributed by atoms with van der Waals surface area (Å²) in [4.78, 5) is 41.6. The molecule has 9 atom stereocenters. The van der Waals surface area contributed by atoms with Gasteiger partial charge in [0.1, 0.15) is 42.7 Å². The lowest BCUT2D eigenvalue weighted by Gasteiger charge is -2.43. The molecule has 0 saturated heterocycles. The molecule has 0 aromatic rings. The predicted octanol–water partition coefficient (Wildman–Crippen LogP) is 7.16. The van der Waals surface area contributed by atoms with Gasteiger partial charge in [0, 0.05) is 13.0 Å². The van der Waals surface area contributed by atoms with Crippen molar-refractivity contribution < 1.29 is 82.3 Å². The zero-order chi connectivity index (χ0) is 46.1. The topological polar surface area (TPSA) is 279 Å². The van der Waals surface area contributed by atoms with Crippen LogP contribution < -0.4 is 0 Å². The summed E-state index contributed by atoms with van der Waals surface area (Å²) in [5.74, 6) is -0.644. The van der Waals surface area contributed by atoms with Crippen molar-refractivity contribution in [3.05, 3.63) is 12.2 Å². The van der Waals surface area contributed by atoms with Gasteiger partial charge in [-0.05, 0) is 51.4 Å². The summed E-state index contributed by atoms with van der Waals surface area (Å²) in [5, 5.41) is 60.6. The molecule has 1 aliphatic carbocycles. The van der Waals surface area contributed by atoms with E-state index < -0.39 is 83.8 Å². The van der Waals surface area contributed by atoms with Crippen molar-refractivity contribution in [2.24, 2.45) is 0 Å². The SMILES string of the molecule is CCCCCCCCCCC/C=C\CCCCC(=O)O[C@H](COC(O)CCCCCCCCCCCCCCCO)COP(=O)(O)O[C@H]1[C@H](O)[C@@H](OP(=O)(O)O)[C@H](O)[C@@H](O)[C@H]1O. The van der Waals surface area contributed by atoms with E-state index in [0.29, 0.717) is 19.3 Å². The van der Waals surface area contributed by atoms with E-state index in [1.165, 1.54) is 89.9 Å². The quantitative estimate of drug-likeness (QED) is 0.00966. The van der Waals surface area contributed by atoms with Crippen LogP contribution in [0.1, 0.15) is 187 Å². The molecule has 1 aliphatic rings. The number of carbonyl (C=O) groups excluding carboxylic acids is 1. The van der Waals surface area contributed by atoms with Gasteiger partial charge in [0.2, 0.25) is 0 Å². The molecular weight excluding hydrogens is 850 g/mol. The van der Waals surface area contributed by atoms with Crippen LogP contribution in [-0.2, 0) is 37.0 Å². The van der Waals surface area contributed by atoms with Crippen LogP contribution in [0.2, 0.25) is 0 Å². The number of phosphoric ester groups is 2. The van der Waals surface area contributed by atoms with Crippen LogP contribution in [0.5, 0.6) is 0 Å². The smallest absolute Gasteiger partial charge is 0.457 e. The highest BCUT2D eigenvalue weighted by Crippen LogP contribution is 2.49. The summed E-state index contributed by atoms with van der Waals surface area (Å²) in [6, 6.07) is 0. The summed E-state index contributed by atoms with van der Waals surface area (Å²) in [6.07, 6.45) is 17.2. The molecule has 1 fully saturated rings. The summed E-state index contributed by atoms with van der Waals surface area (Å²) in [7, 11) is -10.6. The van der Waals surface area contributed by atoms with Crippen molar-refractivity contribution in [3.63, 3.8) is 0 Å². The summed E-state index contributed by atoms with van der Waals surface area (Å²) >= 11 is 0. The molecule has 1 saturated carbocycles. The van der Waals surface area contributed by atoms with E-state index in [2.05, 4.69) is 23.6 Å². The first-order valence-corrected chi connectivity index (χ1v) is 26.5. The summed E-state index contributed by atoms with van der Waals surface area (Å²) < 4.78 is 49.6. The van der Waals surface area contributed by atoms with Gasteiger partial charge in [0.05, 0.1) is 13.2 Å². The van der Waals surface area contributed by atoms with Crippen LogP contribution >= 0.6 is 15.6 Å². The first-order valence-electron chi connectivity index (χ1n) is 23.5. The molecule has 0 aliphatic heterocycles. The van der Waals surface area contributed by atoms with Crippen LogP contribution in [0.15, 0.2) is 12.2 Å². The number of phosphoric acid groups is 2. The zero-order valence-electron chi connectivity index (χ0n) is 37.4. The Morgan fingerprint density at radius 1 is 0.581 bits per heavy atom. The van der Waals surface area contributed by atoms with E-state index in [1.54, 1.807) is 0 Å². The highest BCUT2D eigenvalue weighted by molar-refractivity contribution is 7.47. The fourth-order valence-corrected chi connectivity index (χ4v) is 8.87. The van der Waals surface area contributed by atoms with Gasteiger partial charge < -0.3 is 54.8 Å². The molecule has 0 amide bonds. The van der Waals surface area contributed by atoms with E-state index in [9.17, 15) is 44.4 Å². The zero-order valence-corrected chi connectivity index (χ0v) is 39.2. The minimum absolute atomic E-state index is 0.0332. The largest absolute Gasteiger partial charge is 0.472 e. The Bertz CT molecular complexity index is 1220. The number of aliphatic hydroxyl groups is 6. The predicted molar refractivity (Wildman–Crippen MR) is 235 cm³/mol. The number of esters is 1. The maximum Gasteiger partial charge on any atom is 0.472 e. The number of unbranched alkanes of at least 4 members (excludes halogenated alkanes) is 23. The van der Waals surface area contributed by atoms with E-state index in [4.69, 9.17) is 33.4 Å². The van der Waals surface area contributed by atoms with Crippen LogP contribution in [-0.4, -0.2) is 120 Å². The van der Waals surface area contributed by atoms with E-state index >= 15 is 0 Å². The van der Waals surface area contributed by atoms with Crippen molar-refractivity contribution in [2.75, 3.05) is 19.8 Å². The lowest BCUT2D eigenvalue weighted by atomic mass is 9.85. The molecule has 0 bridgehead atoms. The number of hydrogen-bond donors (Lipinski definition) is 9. The summed E-state index contributed by atoms with van der Waals surface area (Å²) in [5.41, 5.74) is 0. The monoisotopic (exact) mass is 935 g/mol. The van der Waals surface area contributed by atoms with Gasteiger partial charge in [0.15, 0.2) is 6.29 Å². The van der Waals surface area contributed by atoms with E-state index in [-0.39, 0.29) is 13.0 Å². The minimum Gasteiger partial charge on any atom is -0.457 e. The molecule has 9 N–H and O–H groups in total. The Labute approximate surface area is 370 Å². The maximum atomic E-state index is 13.0. The molecular formula is C43H84O17P2. The molecule has 62 heavy (non-hydrogen) atoms. The molecule has 368 valence electrons. The number of hydrogen-bond acceptors (Lipinski definition) is 14. The van der Waals surface area contributed by atoms with Crippen molar-refractivity contribution in [2.45, 2.75) is 236 Å². The number of carbonyl (C=O) groups is 1. The molecule has 0 spiro atoms. The third kappa shape index (κ3) is 30.4. The average molecular weight is 935 g/mol. The van der Waals surface area contributed by atoms with Crippen molar-refractivity contribution >= 4 is 21.6 Å². The molecule has 1 rings (SSSR count). The van der Waals surface area contributed by atoms with Crippen molar-refractivity contribution in [3.8, 4) is 0 Å². The van der Waals surface area contributed by atoms with Gasteiger partial charge in [-0.25, -0.2) is 9.13 Å². The van der Waals surface area contributed by atoms with Crippen LogP contribution in [0, 0.1) is 0 Å². The van der Waals surface area contributed by atoms with Gasteiger partial charge >= 0.3 is 21.6 Å². The lowest BCUT2D eigenvalue weighted by Crippen LogP contribution is -2.64. The molecule has 0 aromatic heterocycles. The Kier molecular flexibility index (Phi) is 34.6. The molecule has 0 radical (unpaired) electrons. The van der Waals surface area contributed by atoms with E-state index in [0.717, 1.165) is 64.2 Å². The fourth-order valence-electron chi connectivity index (χ4n) is 7.33. The molecule has 0 heterocycles. The third-order valence-electron chi connectivity index (χ3n) is 11.0. The van der Waals surface area contributed by atoms with Crippen molar-refractivity contribution in [1.82, 2.24) is 0 Å². The number of aliphatic hydroxyl groups excluding tert-OH is 6. The minimum atomic E-state index is -5.36. The molecule has 19 heteroatoms. The summed E-state index contributed by atoms with van der Waals surface area (Å²) in [6.45, 7) is 1.26. The Balaban J connectivity index is 2.60. The van der Waals surface area contributed by atoms with Crippen LogP contribution in [0.3, 0.4) is 0 Å². The number of rotatable bonds is 41. The molecule has 2 unspecified atom stereocenters. The van der Waals surface area contributed by atoms with Gasteiger partial charge in [-0.15, -0.1) is 0 Å². The van der Waals surface area contributed by atoms with E-state index in [1.807, 2.05) is 0 Å². The highest BCUT2D eigenvalue weighted by Gasteiger charge is 2.54. The average Bonchev–Trinajstić information content (AvgIpc) is 3.22. The number of allylic oxidation sites excluding steroid dienone is 2. The molecule has 0 aromatic carbocycles. The Morgan fingerprint density at radius 3 is 1.53 bits per heavy atom. The Morgan fingerprint density at radius 2 is 1.03 bits per heavy atom. The standard InChI is InChI=1S/C43H84O17P2/c1-2-3-4-5-6-7-8-9-10-12-16-19-22-25-28-31-37(46)58-35(33-56-36(45)30-27-24-21-18-15-13-11-14-17-20-23-26-29-32-44)34-57-62(54,55)60-43-40(49)38(47)39(48)42(41(43)50)59-61(51,52)53/h16,19,35-36,38-45,47-50H,2-15,17-18,20-34H2,1H3,(H,54,55)(H2,51,52,53)/b19-16-/t35-,36?,38-,39-,40-,41-,42+,43-/m1/s1. The van der Waals surface area contributed by atoms with Gasteiger partial charge in [-0.2, -0.15) is 0 Å².